The number of rotatable bonds is 7. The first-order valence-corrected chi connectivity index (χ1v) is 9.14. The number of amides is 1. The zero-order valence-corrected chi connectivity index (χ0v) is 15.4. The second-order valence-electron chi connectivity index (χ2n) is 7.07. The van der Waals surface area contributed by atoms with Crippen LogP contribution in [0.3, 0.4) is 0 Å². The van der Waals surface area contributed by atoms with Gasteiger partial charge in [-0.05, 0) is 55.9 Å². The van der Waals surface area contributed by atoms with E-state index in [0.29, 0.717) is 25.2 Å². The predicted molar refractivity (Wildman–Crippen MR) is 90.8 cm³/mol. The fourth-order valence-corrected chi connectivity index (χ4v) is 3.40. The standard InChI is InChI=1S/C19H21F6NO3/c20-18(21,22)13-8-12(9-14(10-13)19(23,24)25)4-3-5-15(16(28)11-27)17(29)26-6-1-2-7-26/h8-11,15-16,28H,1-7H2/t15-,16-/m1/s1. The van der Waals surface area contributed by atoms with Gasteiger partial charge in [-0.1, -0.05) is 0 Å². The molecule has 0 aromatic heterocycles. The van der Waals surface area contributed by atoms with Gasteiger partial charge >= 0.3 is 12.4 Å². The lowest BCUT2D eigenvalue weighted by Gasteiger charge is -2.24. The number of benzene rings is 1. The zero-order chi connectivity index (χ0) is 21.8. The molecule has 1 amide bonds. The molecule has 0 aliphatic carbocycles. The van der Waals surface area contributed by atoms with Crippen molar-refractivity contribution in [2.24, 2.45) is 5.92 Å². The number of likely N-dealkylation sites (tertiary alicyclic amines) is 1. The van der Waals surface area contributed by atoms with Gasteiger partial charge in [0.2, 0.25) is 5.91 Å². The molecule has 0 unspecified atom stereocenters. The van der Waals surface area contributed by atoms with Crippen molar-refractivity contribution in [2.45, 2.75) is 50.6 Å². The van der Waals surface area contributed by atoms with Gasteiger partial charge in [-0.15, -0.1) is 0 Å². The number of aldehydes is 1. The number of carbonyl (C=O) groups is 2. The Kier molecular flexibility index (Phi) is 7.31. The van der Waals surface area contributed by atoms with E-state index in [2.05, 4.69) is 0 Å². The number of aliphatic hydroxyl groups is 1. The van der Waals surface area contributed by atoms with Crippen molar-refractivity contribution in [3.63, 3.8) is 0 Å². The Morgan fingerprint density at radius 3 is 2.00 bits per heavy atom. The predicted octanol–water partition coefficient (Wildman–Crippen LogP) is 3.85. The molecule has 29 heavy (non-hydrogen) atoms. The van der Waals surface area contributed by atoms with Crippen LogP contribution in [0.15, 0.2) is 18.2 Å². The summed E-state index contributed by atoms with van der Waals surface area (Å²) in [5.41, 5.74) is -2.99. The topological polar surface area (TPSA) is 57.6 Å². The van der Waals surface area contributed by atoms with E-state index in [-0.39, 0.29) is 37.2 Å². The first-order chi connectivity index (χ1) is 13.4. The number of nitrogens with zero attached hydrogens (tertiary/aromatic N) is 1. The van der Waals surface area contributed by atoms with Crippen molar-refractivity contribution in [1.29, 1.82) is 0 Å². The minimum Gasteiger partial charge on any atom is -0.385 e. The number of aryl methyl sites for hydroxylation is 1. The molecule has 1 aromatic rings. The lowest BCUT2D eigenvalue weighted by Crippen LogP contribution is -2.40. The highest BCUT2D eigenvalue weighted by Gasteiger charge is 2.37. The molecule has 0 spiro atoms. The lowest BCUT2D eigenvalue weighted by molar-refractivity contribution is -0.143. The average Bonchev–Trinajstić information content (AvgIpc) is 3.17. The second-order valence-corrected chi connectivity index (χ2v) is 7.07. The van der Waals surface area contributed by atoms with Gasteiger partial charge < -0.3 is 14.8 Å². The molecule has 1 aliphatic rings. The van der Waals surface area contributed by atoms with Crippen LogP contribution in [0.5, 0.6) is 0 Å². The molecule has 10 heteroatoms. The van der Waals surface area contributed by atoms with Gasteiger partial charge in [-0.2, -0.15) is 26.3 Å². The zero-order valence-electron chi connectivity index (χ0n) is 15.4. The molecular formula is C19H21F6NO3. The first-order valence-electron chi connectivity index (χ1n) is 9.14. The molecule has 0 radical (unpaired) electrons. The molecule has 1 aliphatic heterocycles. The molecule has 1 heterocycles. The number of aliphatic hydroxyl groups excluding tert-OH is 1. The Morgan fingerprint density at radius 2 is 1.55 bits per heavy atom. The van der Waals surface area contributed by atoms with Crippen LogP contribution in [0.4, 0.5) is 26.3 Å². The summed E-state index contributed by atoms with van der Waals surface area (Å²) in [6.07, 6.45) is -9.81. The van der Waals surface area contributed by atoms with Crippen LogP contribution in [0.2, 0.25) is 0 Å². The third kappa shape index (κ3) is 6.19. The minimum atomic E-state index is -4.93. The summed E-state index contributed by atoms with van der Waals surface area (Å²) in [6, 6.07) is 1.34. The Morgan fingerprint density at radius 1 is 1.03 bits per heavy atom. The SMILES string of the molecule is O=C[C@@H](O)[C@@H](CCCc1cc(C(F)(F)F)cc(C(F)(F)F)c1)C(=O)N1CCCC1. The van der Waals surface area contributed by atoms with Crippen molar-refractivity contribution in [3.05, 3.63) is 34.9 Å². The van der Waals surface area contributed by atoms with Crippen molar-refractivity contribution in [3.8, 4) is 0 Å². The van der Waals surface area contributed by atoms with Gasteiger partial charge in [0.05, 0.1) is 17.0 Å². The Bertz CT molecular complexity index is 693. The van der Waals surface area contributed by atoms with E-state index in [1.807, 2.05) is 0 Å². The van der Waals surface area contributed by atoms with E-state index in [4.69, 9.17) is 0 Å². The largest absolute Gasteiger partial charge is 0.416 e. The molecule has 4 nitrogen and oxygen atoms in total. The van der Waals surface area contributed by atoms with E-state index in [1.54, 1.807) is 0 Å². The third-order valence-electron chi connectivity index (χ3n) is 4.91. The summed E-state index contributed by atoms with van der Waals surface area (Å²) in [4.78, 5) is 24.9. The summed E-state index contributed by atoms with van der Waals surface area (Å²) >= 11 is 0. The summed E-state index contributed by atoms with van der Waals surface area (Å²) in [7, 11) is 0. The smallest absolute Gasteiger partial charge is 0.385 e. The number of alkyl halides is 6. The van der Waals surface area contributed by atoms with Crippen LogP contribution >= 0.6 is 0 Å². The number of halogens is 6. The Hall–Kier alpha value is -2.10. The molecule has 2 rings (SSSR count). The molecule has 162 valence electrons. The van der Waals surface area contributed by atoms with Gasteiger partial charge in [0, 0.05) is 13.1 Å². The molecule has 1 N–H and O–H groups in total. The third-order valence-corrected chi connectivity index (χ3v) is 4.91. The normalized spacial score (nSPS) is 17.3. The van der Waals surface area contributed by atoms with E-state index in [0.717, 1.165) is 12.8 Å². The quantitative estimate of drug-likeness (QED) is 0.534. The van der Waals surface area contributed by atoms with E-state index < -0.39 is 41.4 Å². The van der Waals surface area contributed by atoms with Crippen molar-refractivity contribution < 1.29 is 41.0 Å². The molecule has 0 saturated carbocycles. The number of hydrogen-bond donors (Lipinski definition) is 1. The van der Waals surface area contributed by atoms with Gasteiger partial charge in [0.25, 0.3) is 0 Å². The molecule has 2 atom stereocenters. The second kappa shape index (κ2) is 9.15. The first kappa shape index (κ1) is 23.2. The summed E-state index contributed by atoms with van der Waals surface area (Å²) in [6.45, 7) is 0.979. The number of carbonyl (C=O) groups excluding carboxylic acids is 2. The van der Waals surface area contributed by atoms with Gasteiger partial charge in [-0.3, -0.25) is 4.79 Å². The lowest BCUT2D eigenvalue weighted by atomic mass is 9.92. The average molecular weight is 425 g/mol. The van der Waals surface area contributed by atoms with Gasteiger partial charge in [0.1, 0.15) is 12.4 Å². The highest BCUT2D eigenvalue weighted by atomic mass is 19.4. The molecule has 1 fully saturated rings. The van der Waals surface area contributed by atoms with Crippen LogP contribution in [0, 0.1) is 5.92 Å². The summed E-state index contributed by atoms with van der Waals surface area (Å²) in [5.74, 6) is -1.50. The van der Waals surface area contributed by atoms with Gasteiger partial charge in [0.15, 0.2) is 0 Å². The van der Waals surface area contributed by atoms with Crippen LogP contribution in [0.1, 0.15) is 42.4 Å². The summed E-state index contributed by atoms with van der Waals surface area (Å²) < 4.78 is 77.6. The minimum absolute atomic E-state index is 0.0349. The van der Waals surface area contributed by atoms with E-state index >= 15 is 0 Å². The molecule has 1 aromatic carbocycles. The number of hydrogen-bond acceptors (Lipinski definition) is 3. The fourth-order valence-electron chi connectivity index (χ4n) is 3.40. The van der Waals surface area contributed by atoms with E-state index in [1.165, 1.54) is 4.90 Å². The maximum absolute atomic E-state index is 12.9. The molecule has 0 bridgehead atoms. The van der Waals surface area contributed by atoms with Crippen LogP contribution in [-0.2, 0) is 28.4 Å². The Labute approximate surface area is 163 Å². The van der Waals surface area contributed by atoms with Crippen LogP contribution < -0.4 is 0 Å². The Balaban J connectivity index is 2.14. The van der Waals surface area contributed by atoms with Crippen LogP contribution in [-0.4, -0.2) is 41.4 Å². The van der Waals surface area contributed by atoms with E-state index in [9.17, 15) is 41.0 Å². The van der Waals surface area contributed by atoms with Crippen LogP contribution in [0.25, 0.3) is 0 Å². The highest BCUT2D eigenvalue weighted by molar-refractivity contribution is 5.83. The highest BCUT2D eigenvalue weighted by Crippen LogP contribution is 2.36. The molecule has 1 saturated heterocycles. The fraction of sp³-hybridized carbons (Fsp3) is 0.579. The maximum Gasteiger partial charge on any atom is 0.416 e. The molecular weight excluding hydrogens is 404 g/mol. The van der Waals surface area contributed by atoms with Crippen molar-refractivity contribution in [1.82, 2.24) is 4.90 Å². The maximum atomic E-state index is 12.9. The van der Waals surface area contributed by atoms with Crippen molar-refractivity contribution in [2.75, 3.05) is 13.1 Å². The monoisotopic (exact) mass is 425 g/mol. The van der Waals surface area contributed by atoms with Gasteiger partial charge in [-0.25, -0.2) is 0 Å². The van der Waals surface area contributed by atoms with Crippen molar-refractivity contribution >= 4 is 12.2 Å². The summed E-state index contributed by atoms with van der Waals surface area (Å²) in [5, 5.41) is 9.83.